The van der Waals surface area contributed by atoms with Crippen LogP contribution in [0.4, 0.5) is 0 Å². The van der Waals surface area contributed by atoms with Crippen molar-refractivity contribution in [3.63, 3.8) is 0 Å². The van der Waals surface area contributed by atoms with Crippen molar-refractivity contribution in [1.82, 2.24) is 19.9 Å². The van der Waals surface area contributed by atoms with E-state index in [1.54, 1.807) is 0 Å². The van der Waals surface area contributed by atoms with Gasteiger partial charge in [-0.05, 0) is 42.4 Å². The van der Waals surface area contributed by atoms with E-state index >= 15 is 0 Å². The molecule has 2 heterocycles. The third-order valence-corrected chi connectivity index (χ3v) is 5.07. The molecule has 2 aromatic heterocycles. The molecule has 0 bridgehead atoms. The molecule has 0 saturated carbocycles. The predicted molar refractivity (Wildman–Crippen MR) is 103 cm³/mol. The quantitative estimate of drug-likeness (QED) is 0.772. The summed E-state index contributed by atoms with van der Waals surface area (Å²) in [6.45, 7) is 2.59. The number of hydrogen-bond donors (Lipinski definition) is 1. The van der Waals surface area contributed by atoms with Crippen LogP contribution in [0.1, 0.15) is 30.2 Å². The Morgan fingerprint density at radius 1 is 1.30 bits per heavy atom. The van der Waals surface area contributed by atoms with Gasteiger partial charge in [0, 0.05) is 12.2 Å². The third-order valence-electron chi connectivity index (χ3n) is 5.07. The number of aromatic nitrogens is 3. The number of nitrogens with zero attached hydrogens (tertiary/aromatic N) is 3. The number of hydrogen-bond acceptors (Lipinski definition) is 4. The van der Waals surface area contributed by atoms with Crippen molar-refractivity contribution in [1.29, 1.82) is 0 Å². The molecular formula is C21H22N4O2. The molecule has 27 heavy (non-hydrogen) atoms. The maximum Gasteiger partial charge on any atom is 0.263 e. The summed E-state index contributed by atoms with van der Waals surface area (Å²) in [7, 11) is 0. The Morgan fingerprint density at radius 2 is 2.11 bits per heavy atom. The normalized spacial score (nSPS) is 16.1. The highest BCUT2D eigenvalue weighted by molar-refractivity contribution is 5.77. The van der Waals surface area contributed by atoms with Crippen LogP contribution in [0, 0.1) is 5.92 Å². The Morgan fingerprint density at radius 3 is 2.93 bits per heavy atom. The van der Waals surface area contributed by atoms with E-state index in [1.165, 1.54) is 10.9 Å². The summed E-state index contributed by atoms with van der Waals surface area (Å²) < 4.78 is 1.35. The fourth-order valence-corrected chi connectivity index (χ4v) is 3.54. The molecule has 0 radical (unpaired) electrons. The number of benzene rings is 1. The second-order valence-corrected chi connectivity index (χ2v) is 7.25. The van der Waals surface area contributed by atoms with Crippen molar-refractivity contribution in [2.45, 2.75) is 39.3 Å². The third kappa shape index (κ3) is 3.74. The Hall–Kier alpha value is -3.02. The van der Waals surface area contributed by atoms with Gasteiger partial charge in [0.1, 0.15) is 12.9 Å². The number of carbonyl (C=O) groups excluding carboxylic acids is 1. The van der Waals surface area contributed by atoms with Gasteiger partial charge in [0.15, 0.2) is 5.65 Å². The van der Waals surface area contributed by atoms with Crippen LogP contribution in [0.25, 0.3) is 11.0 Å². The van der Waals surface area contributed by atoms with Gasteiger partial charge in [0.05, 0.1) is 5.39 Å². The molecular weight excluding hydrogens is 340 g/mol. The average molecular weight is 362 g/mol. The van der Waals surface area contributed by atoms with E-state index in [1.807, 2.05) is 36.4 Å². The molecule has 6 nitrogen and oxygen atoms in total. The van der Waals surface area contributed by atoms with Crippen LogP contribution >= 0.6 is 0 Å². The number of amides is 1. The maximum absolute atomic E-state index is 12.8. The first-order valence-corrected chi connectivity index (χ1v) is 9.28. The standard InChI is InChI=1S/C21H22N4O2/c1-14-7-8-18-16(9-14)10-17-20(24-18)23-13-25(21(17)27)12-19(26)22-11-15-5-3-2-4-6-15/h2-6,10,13-14H,7-9,11-12H2,1H3,(H,22,26)/t14-/m0/s1. The van der Waals surface area contributed by atoms with Gasteiger partial charge in [0.2, 0.25) is 5.91 Å². The number of nitrogens with one attached hydrogen (secondary N) is 1. The molecule has 0 saturated heterocycles. The maximum atomic E-state index is 12.8. The molecule has 3 aromatic rings. The molecule has 1 aliphatic carbocycles. The second-order valence-electron chi connectivity index (χ2n) is 7.25. The molecule has 1 aromatic carbocycles. The summed E-state index contributed by atoms with van der Waals surface area (Å²) in [5.74, 6) is 0.376. The zero-order chi connectivity index (χ0) is 18.8. The zero-order valence-electron chi connectivity index (χ0n) is 15.3. The van der Waals surface area contributed by atoms with E-state index in [0.29, 0.717) is 23.5 Å². The number of carbonyl (C=O) groups is 1. The van der Waals surface area contributed by atoms with Gasteiger partial charge < -0.3 is 5.32 Å². The summed E-state index contributed by atoms with van der Waals surface area (Å²) in [6.07, 6.45) is 4.39. The molecule has 1 atom stereocenters. The van der Waals surface area contributed by atoms with Crippen LogP contribution < -0.4 is 10.9 Å². The molecule has 0 unspecified atom stereocenters. The molecule has 6 heteroatoms. The minimum Gasteiger partial charge on any atom is -0.350 e. The lowest BCUT2D eigenvalue weighted by atomic mass is 9.87. The van der Waals surface area contributed by atoms with Crippen molar-refractivity contribution in [2.24, 2.45) is 5.92 Å². The lowest BCUT2D eigenvalue weighted by Gasteiger charge is -2.20. The van der Waals surface area contributed by atoms with E-state index < -0.39 is 0 Å². The average Bonchev–Trinajstić information content (AvgIpc) is 2.68. The zero-order valence-corrected chi connectivity index (χ0v) is 15.3. The van der Waals surface area contributed by atoms with Gasteiger partial charge in [0.25, 0.3) is 5.56 Å². The van der Waals surface area contributed by atoms with Crippen molar-refractivity contribution in [3.8, 4) is 0 Å². The van der Waals surface area contributed by atoms with Crippen LogP contribution in [0.15, 0.2) is 47.5 Å². The lowest BCUT2D eigenvalue weighted by molar-refractivity contribution is -0.121. The van der Waals surface area contributed by atoms with Crippen LogP contribution in [0.2, 0.25) is 0 Å². The monoisotopic (exact) mass is 362 g/mol. The molecule has 0 fully saturated rings. The molecule has 1 amide bonds. The van der Waals surface area contributed by atoms with Crippen LogP contribution in [0.5, 0.6) is 0 Å². The number of pyridine rings is 1. The molecule has 138 valence electrons. The lowest BCUT2D eigenvalue weighted by Crippen LogP contribution is -2.32. The van der Waals surface area contributed by atoms with Crippen molar-refractivity contribution in [3.05, 3.63) is 69.9 Å². The summed E-state index contributed by atoms with van der Waals surface area (Å²) in [4.78, 5) is 33.9. The van der Waals surface area contributed by atoms with Crippen molar-refractivity contribution in [2.75, 3.05) is 0 Å². The largest absolute Gasteiger partial charge is 0.350 e. The number of fused-ring (bicyclic) bond motifs is 2. The first-order chi connectivity index (χ1) is 13.1. The van der Waals surface area contributed by atoms with Gasteiger partial charge in [-0.1, -0.05) is 37.3 Å². The number of rotatable bonds is 4. The number of aryl methyl sites for hydroxylation is 1. The van der Waals surface area contributed by atoms with Gasteiger partial charge in [-0.3, -0.25) is 14.2 Å². The van der Waals surface area contributed by atoms with Crippen LogP contribution in [-0.2, 0) is 30.7 Å². The molecule has 0 spiro atoms. The van der Waals surface area contributed by atoms with Crippen molar-refractivity contribution >= 4 is 16.9 Å². The fraction of sp³-hybridized carbons (Fsp3) is 0.333. The van der Waals surface area contributed by atoms with E-state index in [0.717, 1.165) is 36.1 Å². The van der Waals surface area contributed by atoms with Crippen molar-refractivity contribution < 1.29 is 4.79 Å². The second kappa shape index (κ2) is 7.31. The summed E-state index contributed by atoms with van der Waals surface area (Å²) in [6, 6.07) is 11.6. The smallest absolute Gasteiger partial charge is 0.263 e. The summed E-state index contributed by atoms with van der Waals surface area (Å²) in [5, 5.41) is 3.32. The molecule has 0 aliphatic heterocycles. The van der Waals surface area contributed by atoms with Crippen LogP contribution in [0.3, 0.4) is 0 Å². The summed E-state index contributed by atoms with van der Waals surface area (Å²) >= 11 is 0. The minimum absolute atomic E-state index is 0.0535. The highest BCUT2D eigenvalue weighted by atomic mass is 16.2. The Balaban J connectivity index is 1.54. The Kier molecular flexibility index (Phi) is 4.71. The fourth-order valence-electron chi connectivity index (χ4n) is 3.54. The summed E-state index contributed by atoms with van der Waals surface area (Å²) in [5.41, 5.74) is 3.44. The molecule has 4 rings (SSSR count). The van der Waals surface area contributed by atoms with E-state index in [2.05, 4.69) is 22.2 Å². The molecule has 1 aliphatic rings. The first-order valence-electron chi connectivity index (χ1n) is 9.28. The van der Waals surface area contributed by atoms with Gasteiger partial charge in [-0.15, -0.1) is 0 Å². The van der Waals surface area contributed by atoms with Gasteiger partial charge in [-0.2, -0.15) is 0 Å². The van der Waals surface area contributed by atoms with E-state index in [4.69, 9.17) is 0 Å². The highest BCUT2D eigenvalue weighted by Crippen LogP contribution is 2.25. The first kappa shape index (κ1) is 17.4. The molecule has 1 N–H and O–H groups in total. The Bertz CT molecular complexity index is 1040. The minimum atomic E-state index is -0.221. The van der Waals surface area contributed by atoms with E-state index in [-0.39, 0.29) is 18.0 Å². The predicted octanol–water partition coefficient (Wildman–Crippen LogP) is 2.23. The van der Waals surface area contributed by atoms with Gasteiger partial charge in [-0.25, -0.2) is 9.97 Å². The van der Waals surface area contributed by atoms with Gasteiger partial charge >= 0.3 is 0 Å². The topological polar surface area (TPSA) is 76.9 Å². The Labute approximate surface area is 157 Å². The highest BCUT2D eigenvalue weighted by Gasteiger charge is 2.19. The SMILES string of the molecule is C[C@H]1CCc2nc3ncn(CC(=O)NCc4ccccc4)c(=O)c3cc2C1. The van der Waals surface area contributed by atoms with E-state index in [9.17, 15) is 9.59 Å². The van der Waals surface area contributed by atoms with Crippen LogP contribution in [-0.4, -0.2) is 20.4 Å².